The fourth-order valence-corrected chi connectivity index (χ4v) is 3.82. The lowest BCUT2D eigenvalue weighted by atomic mass is 10.0. The third kappa shape index (κ3) is 5.92. The van der Waals surface area contributed by atoms with Gasteiger partial charge >= 0.3 is 12.1 Å². The summed E-state index contributed by atoms with van der Waals surface area (Å²) in [5, 5.41) is 0.715. The Labute approximate surface area is 209 Å². The maximum Gasteiger partial charge on any atom is 0.419 e. The Balaban J connectivity index is 1.51. The number of methoxy groups -OCH3 is 1. The second-order valence-corrected chi connectivity index (χ2v) is 9.42. The van der Waals surface area contributed by atoms with E-state index in [1.165, 1.54) is 23.8 Å². The first kappa shape index (κ1) is 25.0. The molecule has 0 bridgehead atoms. The molecule has 0 fully saturated rings. The summed E-state index contributed by atoms with van der Waals surface area (Å²) in [6.07, 6.45) is -0.358. The van der Waals surface area contributed by atoms with Crippen LogP contribution >= 0.6 is 0 Å². The maximum atomic E-state index is 13.9. The highest BCUT2D eigenvalue weighted by Gasteiger charge is 2.22. The van der Waals surface area contributed by atoms with Gasteiger partial charge in [0.2, 0.25) is 0 Å². The maximum absolute atomic E-state index is 13.9. The Morgan fingerprint density at radius 3 is 2.14 bits per heavy atom. The van der Waals surface area contributed by atoms with Crippen molar-refractivity contribution in [2.75, 3.05) is 7.11 Å². The summed E-state index contributed by atoms with van der Waals surface area (Å²) < 4.78 is 31.5. The molecule has 1 aromatic heterocycles. The van der Waals surface area contributed by atoms with Gasteiger partial charge in [0, 0.05) is 5.39 Å². The van der Waals surface area contributed by atoms with Crippen molar-refractivity contribution in [1.29, 1.82) is 0 Å². The predicted molar refractivity (Wildman–Crippen MR) is 135 cm³/mol. The number of carbonyl (C=O) groups excluding carboxylic acids is 2. The molecule has 3 aromatic carbocycles. The molecule has 186 valence electrons. The SMILES string of the molecule is COC(=O)Cc1ccc(-c2ccc(OCc3cc4ccc(F)cc4n3C(=O)OC(C)(C)C)cc2)cc1. The highest BCUT2D eigenvalue weighted by atomic mass is 19.1. The second kappa shape index (κ2) is 10.2. The normalized spacial score (nSPS) is 11.4. The van der Waals surface area contributed by atoms with Gasteiger partial charge in [-0.3, -0.25) is 4.79 Å². The summed E-state index contributed by atoms with van der Waals surface area (Å²) in [5.41, 5.74) is 3.15. The minimum absolute atomic E-state index is 0.0944. The van der Waals surface area contributed by atoms with Crippen LogP contribution in [0.2, 0.25) is 0 Å². The fraction of sp³-hybridized carbons (Fsp3) is 0.241. The molecule has 0 aliphatic rings. The number of hydrogen-bond acceptors (Lipinski definition) is 5. The van der Waals surface area contributed by atoms with Crippen molar-refractivity contribution in [2.24, 2.45) is 0 Å². The quantitative estimate of drug-likeness (QED) is 0.288. The highest BCUT2D eigenvalue weighted by Crippen LogP contribution is 2.26. The molecule has 7 heteroatoms. The van der Waals surface area contributed by atoms with Crippen molar-refractivity contribution in [3.05, 3.63) is 89.9 Å². The van der Waals surface area contributed by atoms with Gasteiger partial charge in [-0.2, -0.15) is 0 Å². The van der Waals surface area contributed by atoms with Gasteiger partial charge in [0.05, 0.1) is 24.7 Å². The molecule has 0 aliphatic carbocycles. The zero-order valence-corrected chi connectivity index (χ0v) is 20.7. The third-order valence-electron chi connectivity index (χ3n) is 5.52. The van der Waals surface area contributed by atoms with Crippen molar-refractivity contribution >= 4 is 23.0 Å². The summed E-state index contributed by atoms with van der Waals surface area (Å²) in [5.74, 6) is -0.0971. The minimum Gasteiger partial charge on any atom is -0.487 e. The molecule has 1 heterocycles. The molecule has 0 atom stereocenters. The van der Waals surface area contributed by atoms with Crippen LogP contribution in [0.3, 0.4) is 0 Å². The van der Waals surface area contributed by atoms with E-state index in [1.54, 1.807) is 32.9 Å². The van der Waals surface area contributed by atoms with Crippen LogP contribution in [-0.4, -0.2) is 29.3 Å². The molecule has 36 heavy (non-hydrogen) atoms. The zero-order valence-electron chi connectivity index (χ0n) is 20.7. The molecule has 6 nitrogen and oxygen atoms in total. The molecular formula is C29H28FNO5. The average molecular weight is 490 g/mol. The number of hydrogen-bond donors (Lipinski definition) is 0. The molecule has 0 aliphatic heterocycles. The molecule has 4 aromatic rings. The van der Waals surface area contributed by atoms with Crippen LogP contribution < -0.4 is 4.74 Å². The lowest BCUT2D eigenvalue weighted by Gasteiger charge is -2.21. The Hall–Kier alpha value is -4.13. The summed E-state index contributed by atoms with van der Waals surface area (Å²) in [7, 11) is 1.37. The van der Waals surface area contributed by atoms with Gasteiger partial charge in [0.1, 0.15) is 23.8 Å². The minimum atomic E-state index is -0.702. The third-order valence-corrected chi connectivity index (χ3v) is 5.52. The van der Waals surface area contributed by atoms with Crippen LogP contribution in [0.1, 0.15) is 32.0 Å². The van der Waals surface area contributed by atoms with Gasteiger partial charge in [-0.05, 0) is 73.9 Å². The van der Waals surface area contributed by atoms with E-state index in [9.17, 15) is 14.0 Å². The highest BCUT2D eigenvalue weighted by molar-refractivity contribution is 5.91. The van der Waals surface area contributed by atoms with E-state index in [1.807, 2.05) is 48.5 Å². The van der Waals surface area contributed by atoms with Crippen molar-refractivity contribution < 1.29 is 28.2 Å². The van der Waals surface area contributed by atoms with E-state index in [-0.39, 0.29) is 19.0 Å². The van der Waals surface area contributed by atoms with Crippen molar-refractivity contribution in [3.63, 3.8) is 0 Å². The number of aromatic nitrogens is 1. The zero-order chi connectivity index (χ0) is 25.9. The number of nitrogens with zero attached hydrogens (tertiary/aromatic N) is 1. The lowest BCUT2D eigenvalue weighted by Crippen LogP contribution is -2.28. The summed E-state index contributed by atoms with van der Waals surface area (Å²) in [6, 6.07) is 21.3. The van der Waals surface area contributed by atoms with Gasteiger partial charge in [0.15, 0.2) is 0 Å². The molecule has 0 saturated heterocycles. The van der Waals surface area contributed by atoms with Gasteiger partial charge in [-0.1, -0.05) is 36.4 Å². The standard InChI is InChI=1S/C29H28FNO5/c1-29(2,3)36-28(33)31-24(16-22-9-12-23(30)17-26(22)31)18-35-25-13-10-21(11-14-25)20-7-5-19(6-8-20)15-27(32)34-4/h5-14,16-17H,15,18H2,1-4H3. The fourth-order valence-electron chi connectivity index (χ4n) is 3.82. The van der Waals surface area contributed by atoms with E-state index in [2.05, 4.69) is 0 Å². The Kier molecular flexibility index (Phi) is 7.10. The Morgan fingerprint density at radius 1 is 0.889 bits per heavy atom. The molecule has 4 rings (SSSR count). The number of benzene rings is 3. The van der Waals surface area contributed by atoms with Crippen molar-refractivity contribution in [1.82, 2.24) is 4.57 Å². The average Bonchev–Trinajstić information content (AvgIpc) is 3.20. The van der Waals surface area contributed by atoms with Crippen LogP contribution in [0.15, 0.2) is 72.8 Å². The largest absolute Gasteiger partial charge is 0.487 e. The summed E-state index contributed by atoms with van der Waals surface area (Å²) in [4.78, 5) is 24.4. The molecule has 0 radical (unpaired) electrons. The van der Waals surface area contributed by atoms with E-state index >= 15 is 0 Å². The number of carbonyl (C=O) groups is 2. The second-order valence-electron chi connectivity index (χ2n) is 9.42. The molecule has 0 unspecified atom stereocenters. The first-order valence-corrected chi connectivity index (χ1v) is 11.6. The molecular weight excluding hydrogens is 461 g/mol. The van der Waals surface area contributed by atoms with Crippen molar-refractivity contribution in [2.45, 2.75) is 39.4 Å². The van der Waals surface area contributed by atoms with E-state index in [0.29, 0.717) is 22.3 Å². The monoisotopic (exact) mass is 489 g/mol. The number of esters is 1. The first-order chi connectivity index (χ1) is 17.1. The van der Waals surface area contributed by atoms with Gasteiger partial charge in [-0.25, -0.2) is 13.8 Å². The Bertz CT molecular complexity index is 1380. The smallest absolute Gasteiger partial charge is 0.419 e. The van der Waals surface area contributed by atoms with Crippen LogP contribution in [0.5, 0.6) is 5.75 Å². The number of rotatable bonds is 6. The van der Waals surface area contributed by atoms with Crippen LogP contribution in [0.4, 0.5) is 9.18 Å². The predicted octanol–water partition coefficient (Wildman–Crippen LogP) is 6.53. The van der Waals surface area contributed by atoms with E-state index < -0.39 is 17.5 Å². The summed E-state index contributed by atoms with van der Waals surface area (Å²) >= 11 is 0. The molecule has 0 N–H and O–H groups in total. The molecule has 0 amide bonds. The van der Waals surface area contributed by atoms with Crippen molar-refractivity contribution in [3.8, 4) is 16.9 Å². The van der Waals surface area contributed by atoms with Crippen LogP contribution in [0, 0.1) is 5.82 Å². The number of fused-ring (bicyclic) bond motifs is 1. The van der Waals surface area contributed by atoms with Crippen LogP contribution in [-0.2, 0) is 27.3 Å². The van der Waals surface area contributed by atoms with E-state index in [0.717, 1.165) is 16.7 Å². The van der Waals surface area contributed by atoms with Crippen LogP contribution in [0.25, 0.3) is 22.0 Å². The van der Waals surface area contributed by atoms with Gasteiger partial charge in [0.25, 0.3) is 0 Å². The lowest BCUT2D eigenvalue weighted by molar-refractivity contribution is -0.139. The first-order valence-electron chi connectivity index (χ1n) is 11.6. The molecule has 0 spiro atoms. The van der Waals surface area contributed by atoms with Gasteiger partial charge in [-0.15, -0.1) is 0 Å². The topological polar surface area (TPSA) is 66.8 Å². The number of ether oxygens (including phenoxy) is 3. The number of halogens is 1. The molecule has 0 saturated carbocycles. The van der Waals surface area contributed by atoms with E-state index in [4.69, 9.17) is 14.2 Å². The summed E-state index contributed by atoms with van der Waals surface area (Å²) in [6.45, 7) is 5.43. The van der Waals surface area contributed by atoms with Gasteiger partial charge < -0.3 is 14.2 Å². The Morgan fingerprint density at radius 2 is 1.53 bits per heavy atom.